The molecule has 4 heteroatoms. The van der Waals surface area contributed by atoms with Gasteiger partial charge < -0.3 is 10.1 Å². The van der Waals surface area contributed by atoms with Crippen molar-refractivity contribution in [3.05, 3.63) is 22.4 Å². The fourth-order valence-electron chi connectivity index (χ4n) is 1.49. The normalized spacial score (nSPS) is 22.1. The highest BCUT2D eigenvalue weighted by molar-refractivity contribution is 7.07. The maximum atomic E-state index is 11.7. The quantitative estimate of drug-likeness (QED) is 0.805. The number of ketones is 1. The van der Waals surface area contributed by atoms with E-state index in [2.05, 4.69) is 5.32 Å². The van der Waals surface area contributed by atoms with Gasteiger partial charge >= 0.3 is 0 Å². The van der Waals surface area contributed by atoms with Gasteiger partial charge in [-0.25, -0.2) is 0 Å². The smallest absolute Gasteiger partial charge is 0.156 e. The molecule has 3 nitrogen and oxygen atoms in total. The molecule has 0 amide bonds. The Hall–Kier alpha value is -0.710. The third-order valence-corrected chi connectivity index (χ3v) is 3.00. The molecular weight excluding hydrogens is 198 g/mol. The van der Waals surface area contributed by atoms with Crippen LogP contribution in [0, 0.1) is 0 Å². The SMILES string of the molecule is O=C(Cc1ccsc1)C1COCCN1. The van der Waals surface area contributed by atoms with Crippen LogP contribution >= 0.6 is 11.3 Å². The lowest BCUT2D eigenvalue weighted by molar-refractivity contribution is -0.123. The Balaban J connectivity index is 1.88. The number of carbonyl (C=O) groups is 1. The third kappa shape index (κ3) is 2.41. The van der Waals surface area contributed by atoms with E-state index in [1.807, 2.05) is 16.8 Å². The van der Waals surface area contributed by atoms with E-state index in [0.717, 1.165) is 12.1 Å². The van der Waals surface area contributed by atoms with Crippen LogP contribution in [-0.4, -0.2) is 31.6 Å². The van der Waals surface area contributed by atoms with Crippen LogP contribution < -0.4 is 5.32 Å². The third-order valence-electron chi connectivity index (χ3n) is 2.27. The summed E-state index contributed by atoms with van der Waals surface area (Å²) in [6.45, 7) is 2.01. The summed E-state index contributed by atoms with van der Waals surface area (Å²) in [6.07, 6.45) is 0.518. The molecule has 1 aromatic rings. The van der Waals surface area contributed by atoms with Crippen molar-refractivity contribution in [2.45, 2.75) is 12.5 Å². The lowest BCUT2D eigenvalue weighted by Gasteiger charge is -2.22. The van der Waals surface area contributed by atoms with Crippen LogP contribution in [0.5, 0.6) is 0 Å². The predicted octanol–water partition coefficient (Wildman–Crippen LogP) is 0.848. The lowest BCUT2D eigenvalue weighted by atomic mass is 10.1. The van der Waals surface area contributed by atoms with Crippen molar-refractivity contribution in [3.8, 4) is 0 Å². The Morgan fingerprint density at radius 3 is 3.29 bits per heavy atom. The molecule has 2 heterocycles. The van der Waals surface area contributed by atoms with Crippen LogP contribution in [0.15, 0.2) is 16.8 Å². The van der Waals surface area contributed by atoms with Crippen LogP contribution in [0.1, 0.15) is 5.56 Å². The molecule has 0 bridgehead atoms. The molecule has 1 aromatic heterocycles. The molecule has 76 valence electrons. The maximum absolute atomic E-state index is 11.7. The standard InChI is InChI=1S/C10H13NO2S/c12-10(5-8-1-4-14-7-8)9-6-13-3-2-11-9/h1,4,7,9,11H,2-3,5-6H2. The molecule has 1 aliphatic rings. The first kappa shape index (κ1) is 9.83. The van der Waals surface area contributed by atoms with Crippen molar-refractivity contribution in [1.29, 1.82) is 0 Å². The number of hydrogen-bond acceptors (Lipinski definition) is 4. The van der Waals surface area contributed by atoms with Gasteiger partial charge in [0.1, 0.15) is 0 Å². The van der Waals surface area contributed by atoms with Crippen LogP contribution in [0.25, 0.3) is 0 Å². The van der Waals surface area contributed by atoms with Crippen LogP contribution in [0.3, 0.4) is 0 Å². The second kappa shape index (κ2) is 4.68. The maximum Gasteiger partial charge on any atom is 0.156 e. The second-order valence-electron chi connectivity index (χ2n) is 3.36. The Morgan fingerprint density at radius 2 is 2.64 bits per heavy atom. The van der Waals surface area contributed by atoms with Gasteiger partial charge in [0.25, 0.3) is 0 Å². The molecule has 1 N–H and O–H groups in total. The summed E-state index contributed by atoms with van der Waals surface area (Å²) < 4.78 is 5.24. The van der Waals surface area contributed by atoms with Crippen molar-refractivity contribution in [2.24, 2.45) is 0 Å². The van der Waals surface area contributed by atoms with Gasteiger partial charge in [-0.05, 0) is 22.4 Å². The highest BCUT2D eigenvalue weighted by atomic mass is 32.1. The minimum atomic E-state index is -0.108. The number of carbonyl (C=O) groups excluding carboxylic acids is 1. The van der Waals surface area contributed by atoms with Crippen LogP contribution in [0.4, 0.5) is 0 Å². The van der Waals surface area contributed by atoms with E-state index in [-0.39, 0.29) is 11.8 Å². The van der Waals surface area contributed by atoms with E-state index in [9.17, 15) is 4.79 Å². The number of Topliss-reactive ketones (excluding diaryl/α,β-unsaturated/α-hetero) is 1. The molecule has 1 atom stereocenters. The van der Waals surface area contributed by atoms with Crippen molar-refractivity contribution in [3.63, 3.8) is 0 Å². The largest absolute Gasteiger partial charge is 0.378 e. The number of nitrogens with one attached hydrogen (secondary N) is 1. The number of morpholine rings is 1. The van der Waals surface area contributed by atoms with Crippen molar-refractivity contribution >= 4 is 17.1 Å². The van der Waals surface area contributed by atoms with Crippen molar-refractivity contribution < 1.29 is 9.53 Å². The average Bonchev–Trinajstić information content (AvgIpc) is 2.72. The molecule has 0 aliphatic carbocycles. The first-order valence-electron chi connectivity index (χ1n) is 4.71. The van der Waals surface area contributed by atoms with Gasteiger partial charge in [-0.15, -0.1) is 0 Å². The number of thiophene rings is 1. The fourth-order valence-corrected chi connectivity index (χ4v) is 2.16. The summed E-state index contributed by atoms with van der Waals surface area (Å²) in [6, 6.07) is 1.88. The summed E-state index contributed by atoms with van der Waals surface area (Å²) >= 11 is 1.62. The number of ether oxygens (including phenoxy) is 1. The summed E-state index contributed by atoms with van der Waals surface area (Å²) in [4.78, 5) is 11.7. The van der Waals surface area contributed by atoms with E-state index < -0.39 is 0 Å². The van der Waals surface area contributed by atoms with Crippen LogP contribution in [-0.2, 0) is 16.0 Å². The number of rotatable bonds is 3. The summed E-state index contributed by atoms with van der Waals surface area (Å²) in [5.41, 5.74) is 1.10. The average molecular weight is 211 g/mol. The van der Waals surface area contributed by atoms with Gasteiger partial charge in [-0.1, -0.05) is 0 Å². The molecule has 1 saturated heterocycles. The monoisotopic (exact) mass is 211 g/mol. The van der Waals surface area contributed by atoms with Gasteiger partial charge in [-0.2, -0.15) is 11.3 Å². The first-order valence-corrected chi connectivity index (χ1v) is 5.65. The lowest BCUT2D eigenvalue weighted by Crippen LogP contribution is -2.47. The highest BCUT2D eigenvalue weighted by Crippen LogP contribution is 2.08. The fraction of sp³-hybridized carbons (Fsp3) is 0.500. The second-order valence-corrected chi connectivity index (χ2v) is 4.14. The molecule has 14 heavy (non-hydrogen) atoms. The van der Waals surface area contributed by atoms with Gasteiger partial charge in [0.05, 0.1) is 19.3 Å². The summed E-state index contributed by atoms with van der Waals surface area (Å²) in [5.74, 6) is 0.225. The predicted molar refractivity (Wildman–Crippen MR) is 55.6 cm³/mol. The van der Waals surface area contributed by atoms with E-state index in [0.29, 0.717) is 19.6 Å². The van der Waals surface area contributed by atoms with Gasteiger partial charge in [0, 0.05) is 13.0 Å². The molecule has 0 radical (unpaired) electrons. The van der Waals surface area contributed by atoms with E-state index in [4.69, 9.17) is 4.74 Å². The van der Waals surface area contributed by atoms with Crippen molar-refractivity contribution in [1.82, 2.24) is 5.32 Å². The zero-order valence-electron chi connectivity index (χ0n) is 7.86. The molecular formula is C10H13NO2S. The molecule has 1 aliphatic heterocycles. The zero-order valence-corrected chi connectivity index (χ0v) is 8.68. The van der Waals surface area contributed by atoms with Crippen LogP contribution in [0.2, 0.25) is 0 Å². The molecule has 1 unspecified atom stereocenters. The highest BCUT2D eigenvalue weighted by Gasteiger charge is 2.20. The number of hydrogen-bond donors (Lipinski definition) is 1. The topological polar surface area (TPSA) is 38.3 Å². The van der Waals surface area contributed by atoms with Gasteiger partial charge in [-0.3, -0.25) is 4.79 Å². The first-order chi connectivity index (χ1) is 6.86. The Morgan fingerprint density at radius 1 is 1.71 bits per heavy atom. The van der Waals surface area contributed by atoms with Gasteiger partial charge in [0.15, 0.2) is 5.78 Å². The molecule has 0 aromatic carbocycles. The van der Waals surface area contributed by atoms with E-state index in [1.54, 1.807) is 11.3 Å². The minimum absolute atomic E-state index is 0.108. The molecule has 0 spiro atoms. The Labute approximate surface area is 87.1 Å². The summed E-state index contributed by atoms with van der Waals surface area (Å²) in [7, 11) is 0. The van der Waals surface area contributed by atoms with Gasteiger partial charge in [0.2, 0.25) is 0 Å². The Kier molecular flexibility index (Phi) is 3.29. The summed E-state index contributed by atoms with van der Waals surface area (Å²) in [5, 5.41) is 7.17. The molecule has 0 saturated carbocycles. The van der Waals surface area contributed by atoms with Crippen molar-refractivity contribution in [2.75, 3.05) is 19.8 Å². The minimum Gasteiger partial charge on any atom is -0.378 e. The molecule has 2 rings (SSSR count). The van der Waals surface area contributed by atoms with E-state index >= 15 is 0 Å². The Bertz CT molecular complexity index is 291. The molecule has 1 fully saturated rings. The van der Waals surface area contributed by atoms with E-state index in [1.165, 1.54) is 0 Å². The zero-order chi connectivity index (χ0) is 9.80.